The first-order valence-electron chi connectivity index (χ1n) is 11.5. The molecule has 6 nitrogen and oxygen atoms in total. The van der Waals surface area contributed by atoms with E-state index < -0.39 is 0 Å². The Kier molecular flexibility index (Phi) is 11.6. The van der Waals surface area contributed by atoms with E-state index in [4.69, 9.17) is 9.47 Å². The molecule has 33 heavy (non-hydrogen) atoms. The SMILES string of the molecule is CN=C(NCc1cccc(COC(C)(C)C)c1)NCc1ccccc1CN1CCOCC1.I. The van der Waals surface area contributed by atoms with Crippen molar-refractivity contribution in [1.82, 2.24) is 15.5 Å². The van der Waals surface area contributed by atoms with Crippen molar-refractivity contribution in [1.29, 1.82) is 0 Å². The predicted molar refractivity (Wildman–Crippen MR) is 146 cm³/mol. The smallest absolute Gasteiger partial charge is 0.191 e. The third-order valence-corrected chi connectivity index (χ3v) is 5.41. The average molecular weight is 567 g/mol. The molecule has 0 bridgehead atoms. The Morgan fingerprint density at radius 1 is 0.970 bits per heavy atom. The lowest BCUT2D eigenvalue weighted by molar-refractivity contribution is -0.0149. The molecule has 7 heteroatoms. The number of aliphatic imine (C=N–C) groups is 1. The molecule has 0 unspecified atom stereocenters. The first kappa shape index (κ1) is 27.6. The standard InChI is InChI=1S/C26H38N4O2.HI/c1-26(2,3)32-20-22-9-7-8-21(16-22)17-28-25(27-4)29-18-23-10-5-6-11-24(23)19-30-12-14-31-15-13-30;/h5-11,16H,12-15,17-20H2,1-4H3,(H2,27,28,29);1H. The molecule has 1 aliphatic heterocycles. The zero-order valence-electron chi connectivity index (χ0n) is 20.4. The van der Waals surface area contributed by atoms with Crippen LogP contribution in [0.25, 0.3) is 0 Å². The molecule has 1 aliphatic rings. The lowest BCUT2D eigenvalue weighted by atomic mass is 10.1. The van der Waals surface area contributed by atoms with E-state index in [1.54, 1.807) is 0 Å². The van der Waals surface area contributed by atoms with Gasteiger partial charge in [-0.25, -0.2) is 0 Å². The van der Waals surface area contributed by atoms with E-state index in [1.165, 1.54) is 22.3 Å². The highest BCUT2D eigenvalue weighted by Crippen LogP contribution is 2.14. The number of hydrogen-bond donors (Lipinski definition) is 2. The van der Waals surface area contributed by atoms with Gasteiger partial charge in [0.25, 0.3) is 0 Å². The first-order chi connectivity index (χ1) is 15.4. The van der Waals surface area contributed by atoms with Gasteiger partial charge in [-0.3, -0.25) is 9.89 Å². The summed E-state index contributed by atoms with van der Waals surface area (Å²) in [4.78, 5) is 6.85. The number of ether oxygens (including phenoxy) is 2. The van der Waals surface area contributed by atoms with Crippen molar-refractivity contribution in [2.45, 2.75) is 52.6 Å². The number of morpholine rings is 1. The molecule has 2 aromatic rings. The van der Waals surface area contributed by atoms with Crippen molar-refractivity contribution < 1.29 is 9.47 Å². The van der Waals surface area contributed by atoms with E-state index >= 15 is 0 Å². The van der Waals surface area contributed by atoms with Gasteiger partial charge in [-0.15, -0.1) is 24.0 Å². The van der Waals surface area contributed by atoms with E-state index in [0.29, 0.717) is 13.2 Å². The zero-order valence-corrected chi connectivity index (χ0v) is 22.7. The predicted octanol–water partition coefficient (Wildman–Crippen LogP) is 4.32. The summed E-state index contributed by atoms with van der Waals surface area (Å²) >= 11 is 0. The topological polar surface area (TPSA) is 58.1 Å². The van der Waals surface area contributed by atoms with Crippen molar-refractivity contribution in [3.63, 3.8) is 0 Å². The summed E-state index contributed by atoms with van der Waals surface area (Å²) < 4.78 is 11.4. The molecular formula is C26H39IN4O2. The van der Waals surface area contributed by atoms with Crippen LogP contribution in [0.15, 0.2) is 53.5 Å². The lowest BCUT2D eigenvalue weighted by Gasteiger charge is -2.27. The Morgan fingerprint density at radius 2 is 1.64 bits per heavy atom. The molecule has 182 valence electrons. The van der Waals surface area contributed by atoms with Crippen molar-refractivity contribution >= 4 is 29.9 Å². The van der Waals surface area contributed by atoms with Gasteiger partial charge in [0.05, 0.1) is 25.4 Å². The van der Waals surface area contributed by atoms with E-state index in [1.807, 2.05) is 7.05 Å². The van der Waals surface area contributed by atoms with Crippen molar-refractivity contribution in [2.75, 3.05) is 33.4 Å². The molecule has 0 saturated carbocycles. The molecule has 0 aliphatic carbocycles. The Labute approximate surface area is 216 Å². The summed E-state index contributed by atoms with van der Waals surface area (Å²) in [7, 11) is 1.81. The fourth-order valence-corrected chi connectivity index (χ4v) is 3.60. The van der Waals surface area contributed by atoms with Crippen LogP contribution < -0.4 is 10.6 Å². The molecule has 0 spiro atoms. The Balaban J connectivity index is 0.00000385. The summed E-state index contributed by atoms with van der Waals surface area (Å²) in [6.07, 6.45) is 0. The molecular weight excluding hydrogens is 527 g/mol. The zero-order chi connectivity index (χ0) is 22.8. The summed E-state index contributed by atoms with van der Waals surface area (Å²) in [5.74, 6) is 0.794. The third kappa shape index (κ3) is 10.00. The minimum absolute atomic E-state index is 0. The van der Waals surface area contributed by atoms with Crippen LogP contribution >= 0.6 is 24.0 Å². The van der Waals surface area contributed by atoms with Gasteiger partial charge in [0, 0.05) is 39.8 Å². The maximum absolute atomic E-state index is 5.90. The van der Waals surface area contributed by atoms with E-state index in [-0.39, 0.29) is 29.6 Å². The van der Waals surface area contributed by atoms with Crippen molar-refractivity contribution in [2.24, 2.45) is 4.99 Å². The van der Waals surface area contributed by atoms with Gasteiger partial charge in [0.1, 0.15) is 0 Å². The molecule has 0 atom stereocenters. The third-order valence-electron chi connectivity index (χ3n) is 5.41. The van der Waals surface area contributed by atoms with Crippen LogP contribution in [0.5, 0.6) is 0 Å². The maximum Gasteiger partial charge on any atom is 0.191 e. The molecule has 1 heterocycles. The van der Waals surface area contributed by atoms with Gasteiger partial charge in [-0.1, -0.05) is 48.5 Å². The van der Waals surface area contributed by atoms with Crippen LogP contribution in [0.1, 0.15) is 43.0 Å². The van der Waals surface area contributed by atoms with Gasteiger partial charge in [0.15, 0.2) is 5.96 Å². The van der Waals surface area contributed by atoms with Crippen molar-refractivity contribution in [3.05, 3.63) is 70.8 Å². The van der Waals surface area contributed by atoms with Crippen LogP contribution in [-0.2, 0) is 35.7 Å². The van der Waals surface area contributed by atoms with Gasteiger partial charge in [-0.05, 0) is 43.0 Å². The van der Waals surface area contributed by atoms with Gasteiger partial charge < -0.3 is 20.1 Å². The Morgan fingerprint density at radius 3 is 2.33 bits per heavy atom. The monoisotopic (exact) mass is 566 g/mol. The van der Waals surface area contributed by atoms with Crippen LogP contribution in [-0.4, -0.2) is 49.8 Å². The molecule has 2 N–H and O–H groups in total. The quantitative estimate of drug-likeness (QED) is 0.283. The summed E-state index contributed by atoms with van der Waals surface area (Å²) in [5.41, 5.74) is 4.89. The van der Waals surface area contributed by atoms with E-state index in [2.05, 4.69) is 89.8 Å². The fourth-order valence-electron chi connectivity index (χ4n) is 3.60. The van der Waals surface area contributed by atoms with Crippen LogP contribution in [0.2, 0.25) is 0 Å². The number of benzene rings is 2. The van der Waals surface area contributed by atoms with Crippen LogP contribution in [0, 0.1) is 0 Å². The first-order valence-corrected chi connectivity index (χ1v) is 11.5. The normalized spacial score (nSPS) is 15.1. The van der Waals surface area contributed by atoms with E-state index in [0.717, 1.165) is 45.4 Å². The molecule has 0 radical (unpaired) electrons. The highest BCUT2D eigenvalue weighted by molar-refractivity contribution is 14.0. The van der Waals surface area contributed by atoms with Crippen molar-refractivity contribution in [3.8, 4) is 0 Å². The second-order valence-corrected chi connectivity index (χ2v) is 9.16. The minimum Gasteiger partial charge on any atom is -0.379 e. The Hall–Kier alpha value is -1.68. The number of nitrogens with one attached hydrogen (secondary N) is 2. The maximum atomic E-state index is 5.90. The van der Waals surface area contributed by atoms with E-state index in [9.17, 15) is 0 Å². The Bertz CT molecular complexity index is 877. The molecule has 3 rings (SSSR count). The molecule has 2 aromatic carbocycles. The van der Waals surface area contributed by atoms with Gasteiger partial charge in [-0.2, -0.15) is 0 Å². The molecule has 0 amide bonds. The lowest BCUT2D eigenvalue weighted by Crippen LogP contribution is -2.37. The number of halogens is 1. The number of guanidine groups is 1. The second-order valence-electron chi connectivity index (χ2n) is 9.16. The highest BCUT2D eigenvalue weighted by atomic mass is 127. The largest absolute Gasteiger partial charge is 0.379 e. The fraction of sp³-hybridized carbons (Fsp3) is 0.500. The molecule has 1 fully saturated rings. The summed E-state index contributed by atoms with van der Waals surface area (Å²) in [6, 6.07) is 17.1. The van der Waals surface area contributed by atoms with Crippen LogP contribution in [0.4, 0.5) is 0 Å². The number of nitrogens with zero attached hydrogens (tertiary/aromatic N) is 2. The molecule has 0 aromatic heterocycles. The second kappa shape index (κ2) is 13.9. The number of rotatable bonds is 8. The van der Waals surface area contributed by atoms with Crippen LogP contribution in [0.3, 0.4) is 0 Å². The van der Waals surface area contributed by atoms with Gasteiger partial charge >= 0.3 is 0 Å². The average Bonchev–Trinajstić information content (AvgIpc) is 2.79. The molecule has 1 saturated heterocycles. The highest BCUT2D eigenvalue weighted by Gasteiger charge is 2.13. The summed E-state index contributed by atoms with van der Waals surface area (Å²) in [5, 5.41) is 6.89. The number of hydrogen-bond acceptors (Lipinski definition) is 4. The summed E-state index contributed by atoms with van der Waals surface area (Å²) in [6.45, 7) is 12.9. The van der Waals surface area contributed by atoms with Gasteiger partial charge in [0.2, 0.25) is 0 Å². The minimum atomic E-state index is -0.141.